The van der Waals surface area contributed by atoms with Gasteiger partial charge in [-0.3, -0.25) is 0 Å². The van der Waals surface area contributed by atoms with Gasteiger partial charge in [-0.2, -0.15) is 5.10 Å². The molecule has 1 aliphatic rings. The summed E-state index contributed by atoms with van der Waals surface area (Å²) in [5.74, 6) is 0.810. The van der Waals surface area contributed by atoms with Crippen LogP contribution in [-0.4, -0.2) is 16.9 Å². The fraction of sp³-hybridized carbons (Fsp3) is 0.700. The smallest absolute Gasteiger partial charge is 0.216 e. The molecule has 1 fully saturated rings. The Balaban J connectivity index is 2.50. The molecule has 0 unspecified atom stereocenters. The Bertz CT molecular complexity index is 352. The first-order chi connectivity index (χ1) is 6.58. The average Bonchev–Trinajstić information content (AvgIpc) is 2.36. The van der Waals surface area contributed by atoms with Gasteiger partial charge in [-0.15, -0.1) is 0 Å². The van der Waals surface area contributed by atoms with E-state index in [-0.39, 0.29) is 5.54 Å². The second-order valence-corrected chi connectivity index (χ2v) is 4.10. The van der Waals surface area contributed by atoms with Crippen molar-refractivity contribution in [1.82, 2.24) is 9.78 Å². The van der Waals surface area contributed by atoms with Crippen LogP contribution in [0.15, 0.2) is 0 Å². The number of hydrogen-bond acceptors (Lipinski definition) is 3. The highest BCUT2D eigenvalue weighted by molar-refractivity contribution is 5.39. The zero-order valence-electron chi connectivity index (χ0n) is 9.00. The van der Waals surface area contributed by atoms with Gasteiger partial charge in [0.1, 0.15) is 0 Å². The van der Waals surface area contributed by atoms with Crippen molar-refractivity contribution in [2.24, 2.45) is 12.8 Å². The van der Waals surface area contributed by atoms with Crippen molar-refractivity contribution < 1.29 is 4.74 Å². The number of aromatic nitrogens is 2. The Labute approximate surface area is 84.0 Å². The quantitative estimate of drug-likeness (QED) is 0.768. The number of nitrogens with zero attached hydrogens (tertiary/aromatic N) is 2. The molecule has 1 aromatic rings. The molecule has 1 aliphatic carbocycles. The van der Waals surface area contributed by atoms with Crippen LogP contribution >= 0.6 is 0 Å². The molecule has 14 heavy (non-hydrogen) atoms. The van der Waals surface area contributed by atoms with Gasteiger partial charge >= 0.3 is 0 Å². The average molecular weight is 195 g/mol. The van der Waals surface area contributed by atoms with Crippen molar-refractivity contribution >= 4 is 0 Å². The maximum atomic E-state index is 6.28. The van der Waals surface area contributed by atoms with E-state index in [9.17, 15) is 0 Å². The molecule has 2 rings (SSSR count). The summed E-state index contributed by atoms with van der Waals surface area (Å²) < 4.78 is 7.10. The van der Waals surface area contributed by atoms with E-state index in [1.54, 1.807) is 11.8 Å². The molecule has 4 heteroatoms. The van der Waals surface area contributed by atoms with E-state index in [2.05, 4.69) is 5.10 Å². The van der Waals surface area contributed by atoms with E-state index in [1.807, 2.05) is 14.0 Å². The first kappa shape index (κ1) is 9.52. The van der Waals surface area contributed by atoms with Crippen LogP contribution in [0, 0.1) is 6.92 Å². The van der Waals surface area contributed by atoms with Gasteiger partial charge in [-0.1, -0.05) is 0 Å². The van der Waals surface area contributed by atoms with Gasteiger partial charge in [0.05, 0.1) is 18.4 Å². The Morgan fingerprint density at radius 1 is 1.50 bits per heavy atom. The topological polar surface area (TPSA) is 53.1 Å². The molecule has 2 N–H and O–H groups in total. The molecule has 1 heterocycles. The van der Waals surface area contributed by atoms with E-state index in [0.717, 1.165) is 30.0 Å². The third kappa shape index (κ3) is 1.14. The molecule has 1 saturated carbocycles. The molecule has 0 spiro atoms. The largest absolute Gasteiger partial charge is 0.481 e. The fourth-order valence-corrected chi connectivity index (χ4v) is 2.25. The summed E-state index contributed by atoms with van der Waals surface area (Å²) >= 11 is 0. The van der Waals surface area contributed by atoms with Crippen LogP contribution in [0.3, 0.4) is 0 Å². The summed E-state index contributed by atoms with van der Waals surface area (Å²) in [6, 6.07) is 0. The summed E-state index contributed by atoms with van der Waals surface area (Å²) in [5.41, 5.74) is 8.17. The van der Waals surface area contributed by atoms with E-state index < -0.39 is 0 Å². The second kappa shape index (κ2) is 2.98. The van der Waals surface area contributed by atoms with Gasteiger partial charge in [-0.25, -0.2) is 4.68 Å². The second-order valence-electron chi connectivity index (χ2n) is 4.10. The molecule has 0 saturated heterocycles. The van der Waals surface area contributed by atoms with Crippen molar-refractivity contribution in [3.63, 3.8) is 0 Å². The standard InChI is InChI=1S/C10H17N3O/c1-7-8(10(11)5-4-6-10)9(14-3)13(2)12-7/h4-6,11H2,1-3H3. The van der Waals surface area contributed by atoms with Gasteiger partial charge in [0, 0.05) is 12.6 Å². The van der Waals surface area contributed by atoms with Gasteiger partial charge in [0.15, 0.2) is 0 Å². The zero-order chi connectivity index (χ0) is 10.3. The first-order valence-corrected chi connectivity index (χ1v) is 4.95. The number of ether oxygens (including phenoxy) is 1. The molecule has 0 bridgehead atoms. The normalized spacial score (nSPS) is 19.1. The molecule has 4 nitrogen and oxygen atoms in total. The predicted octanol–water partition coefficient (Wildman–Crippen LogP) is 1.08. The number of hydrogen-bond donors (Lipinski definition) is 1. The van der Waals surface area contributed by atoms with Crippen molar-refractivity contribution in [1.29, 1.82) is 0 Å². The fourth-order valence-electron chi connectivity index (χ4n) is 2.25. The van der Waals surface area contributed by atoms with Crippen molar-refractivity contribution in [3.05, 3.63) is 11.3 Å². The molecule has 0 radical (unpaired) electrons. The number of methoxy groups -OCH3 is 1. The Kier molecular flexibility index (Phi) is 2.03. The highest BCUT2D eigenvalue weighted by atomic mass is 16.5. The zero-order valence-corrected chi connectivity index (χ0v) is 9.00. The van der Waals surface area contributed by atoms with Gasteiger partial charge < -0.3 is 10.5 Å². The van der Waals surface area contributed by atoms with E-state index in [0.29, 0.717) is 0 Å². The summed E-state index contributed by atoms with van der Waals surface area (Å²) in [5, 5.41) is 4.34. The summed E-state index contributed by atoms with van der Waals surface area (Å²) in [6.45, 7) is 1.99. The summed E-state index contributed by atoms with van der Waals surface area (Å²) in [4.78, 5) is 0. The van der Waals surface area contributed by atoms with E-state index in [1.165, 1.54) is 6.42 Å². The lowest BCUT2D eigenvalue weighted by atomic mass is 9.72. The molecule has 0 amide bonds. The van der Waals surface area contributed by atoms with Crippen molar-refractivity contribution in [2.45, 2.75) is 31.7 Å². The predicted molar refractivity (Wildman–Crippen MR) is 54.2 cm³/mol. The van der Waals surface area contributed by atoms with Crippen LogP contribution < -0.4 is 10.5 Å². The number of aryl methyl sites for hydroxylation is 2. The van der Waals surface area contributed by atoms with Gasteiger partial charge in [0.2, 0.25) is 5.88 Å². The molecular formula is C10H17N3O. The highest BCUT2D eigenvalue weighted by Crippen LogP contribution is 2.43. The summed E-state index contributed by atoms with van der Waals surface area (Å²) in [7, 11) is 3.55. The molecular weight excluding hydrogens is 178 g/mol. The third-order valence-electron chi connectivity index (χ3n) is 3.11. The number of rotatable bonds is 2. The van der Waals surface area contributed by atoms with E-state index >= 15 is 0 Å². The monoisotopic (exact) mass is 195 g/mol. The van der Waals surface area contributed by atoms with Crippen LogP contribution in [0.1, 0.15) is 30.5 Å². The van der Waals surface area contributed by atoms with Gasteiger partial charge in [0.25, 0.3) is 0 Å². The Morgan fingerprint density at radius 2 is 2.14 bits per heavy atom. The molecule has 0 aromatic carbocycles. The highest BCUT2D eigenvalue weighted by Gasteiger charge is 2.40. The van der Waals surface area contributed by atoms with Crippen molar-refractivity contribution in [3.8, 4) is 5.88 Å². The van der Waals surface area contributed by atoms with Crippen LogP contribution in [0.5, 0.6) is 5.88 Å². The maximum Gasteiger partial charge on any atom is 0.216 e. The van der Waals surface area contributed by atoms with Crippen LogP contribution in [-0.2, 0) is 12.6 Å². The Morgan fingerprint density at radius 3 is 2.57 bits per heavy atom. The minimum atomic E-state index is -0.191. The number of nitrogens with two attached hydrogens (primary N) is 1. The van der Waals surface area contributed by atoms with Crippen molar-refractivity contribution in [2.75, 3.05) is 7.11 Å². The van der Waals surface area contributed by atoms with Crippen LogP contribution in [0.4, 0.5) is 0 Å². The SMILES string of the molecule is COc1c(C2(N)CCC2)c(C)nn1C. The van der Waals surface area contributed by atoms with Crippen LogP contribution in [0.25, 0.3) is 0 Å². The minimum absolute atomic E-state index is 0.191. The Hall–Kier alpha value is -1.03. The lowest BCUT2D eigenvalue weighted by Crippen LogP contribution is -2.43. The van der Waals surface area contributed by atoms with Gasteiger partial charge in [-0.05, 0) is 26.2 Å². The molecule has 78 valence electrons. The molecule has 1 aromatic heterocycles. The lowest BCUT2D eigenvalue weighted by molar-refractivity contribution is 0.240. The van der Waals surface area contributed by atoms with Crippen LogP contribution in [0.2, 0.25) is 0 Å². The molecule has 0 aliphatic heterocycles. The maximum absolute atomic E-state index is 6.28. The minimum Gasteiger partial charge on any atom is -0.481 e. The summed E-state index contributed by atoms with van der Waals surface area (Å²) in [6.07, 6.45) is 3.28. The van der Waals surface area contributed by atoms with E-state index in [4.69, 9.17) is 10.5 Å². The third-order valence-corrected chi connectivity index (χ3v) is 3.11. The molecule has 0 atom stereocenters. The first-order valence-electron chi connectivity index (χ1n) is 4.95. The lowest BCUT2D eigenvalue weighted by Gasteiger charge is -2.38.